The molecule has 0 aromatic heterocycles. The van der Waals surface area contributed by atoms with Crippen molar-refractivity contribution in [3.8, 4) is 0 Å². The number of hydrogen-bond acceptors (Lipinski definition) is 3. The Labute approximate surface area is 120 Å². The van der Waals surface area contributed by atoms with E-state index in [1.807, 2.05) is 29.2 Å². The number of benzene rings is 1. The summed E-state index contributed by atoms with van der Waals surface area (Å²) in [5, 5.41) is 0. The third-order valence-electron chi connectivity index (χ3n) is 3.93. The van der Waals surface area contributed by atoms with Gasteiger partial charge in [-0.15, -0.1) is 0 Å². The first-order chi connectivity index (χ1) is 9.40. The molecule has 0 spiro atoms. The lowest BCUT2D eigenvalue weighted by Gasteiger charge is -2.42. The lowest BCUT2D eigenvalue weighted by Crippen LogP contribution is -2.55. The number of morpholine rings is 1. The Morgan fingerprint density at radius 1 is 1.40 bits per heavy atom. The molecule has 0 radical (unpaired) electrons. The van der Waals surface area contributed by atoms with Crippen LogP contribution >= 0.6 is 0 Å². The molecule has 0 aliphatic carbocycles. The molecule has 1 aliphatic heterocycles. The maximum atomic E-state index is 12.5. The zero-order chi connectivity index (χ0) is 14.8. The van der Waals surface area contributed by atoms with Crippen LogP contribution in [-0.2, 0) is 9.53 Å². The van der Waals surface area contributed by atoms with E-state index in [1.165, 1.54) is 0 Å². The SMILES string of the molecule is CC(CC(=O)N1CCOCC1(C)C)c1ccc(N)cc1. The van der Waals surface area contributed by atoms with E-state index >= 15 is 0 Å². The molecule has 1 unspecified atom stereocenters. The second-order valence-electron chi connectivity index (χ2n) is 6.18. The van der Waals surface area contributed by atoms with E-state index in [0.29, 0.717) is 26.2 Å². The Bertz CT molecular complexity index is 468. The van der Waals surface area contributed by atoms with Gasteiger partial charge in [0, 0.05) is 18.7 Å². The summed E-state index contributed by atoms with van der Waals surface area (Å²) in [6, 6.07) is 7.76. The molecule has 2 rings (SSSR count). The van der Waals surface area contributed by atoms with Gasteiger partial charge in [0.2, 0.25) is 5.91 Å². The average molecular weight is 276 g/mol. The highest BCUT2D eigenvalue weighted by molar-refractivity contribution is 5.78. The molecule has 1 aromatic carbocycles. The van der Waals surface area contributed by atoms with Gasteiger partial charge in [0.1, 0.15) is 0 Å². The molecule has 1 saturated heterocycles. The number of nitrogens with two attached hydrogens (primary N) is 1. The van der Waals surface area contributed by atoms with Gasteiger partial charge in [0.15, 0.2) is 0 Å². The second-order valence-corrected chi connectivity index (χ2v) is 6.18. The Hall–Kier alpha value is -1.55. The van der Waals surface area contributed by atoms with Gasteiger partial charge in [0.05, 0.1) is 18.8 Å². The van der Waals surface area contributed by atoms with Crippen molar-refractivity contribution in [2.45, 2.75) is 38.6 Å². The number of nitrogens with zero attached hydrogens (tertiary/aromatic N) is 1. The fraction of sp³-hybridized carbons (Fsp3) is 0.562. The Morgan fingerprint density at radius 2 is 2.05 bits per heavy atom. The number of nitrogen functional groups attached to an aromatic ring is 1. The maximum Gasteiger partial charge on any atom is 0.223 e. The fourth-order valence-corrected chi connectivity index (χ4v) is 2.64. The summed E-state index contributed by atoms with van der Waals surface area (Å²) >= 11 is 0. The summed E-state index contributed by atoms with van der Waals surface area (Å²) in [5.74, 6) is 0.393. The van der Waals surface area contributed by atoms with Gasteiger partial charge < -0.3 is 15.4 Å². The number of carbonyl (C=O) groups is 1. The van der Waals surface area contributed by atoms with Crippen molar-refractivity contribution in [2.75, 3.05) is 25.5 Å². The third-order valence-corrected chi connectivity index (χ3v) is 3.93. The minimum atomic E-state index is -0.212. The molecule has 4 nitrogen and oxygen atoms in total. The Morgan fingerprint density at radius 3 is 2.65 bits per heavy atom. The number of amides is 1. The van der Waals surface area contributed by atoms with Crippen LogP contribution in [0.15, 0.2) is 24.3 Å². The monoisotopic (exact) mass is 276 g/mol. The van der Waals surface area contributed by atoms with Crippen LogP contribution in [0.3, 0.4) is 0 Å². The first kappa shape index (κ1) is 14.9. The molecule has 0 saturated carbocycles. The average Bonchev–Trinajstić information content (AvgIpc) is 2.38. The molecule has 1 fully saturated rings. The Balaban J connectivity index is 2.01. The quantitative estimate of drug-likeness (QED) is 0.862. The van der Waals surface area contributed by atoms with Gasteiger partial charge in [-0.25, -0.2) is 0 Å². The normalized spacial score (nSPS) is 19.6. The minimum Gasteiger partial charge on any atom is -0.399 e. The summed E-state index contributed by atoms with van der Waals surface area (Å²) in [7, 11) is 0. The van der Waals surface area contributed by atoms with E-state index < -0.39 is 0 Å². The molecule has 110 valence electrons. The van der Waals surface area contributed by atoms with Gasteiger partial charge in [-0.1, -0.05) is 19.1 Å². The van der Waals surface area contributed by atoms with Crippen molar-refractivity contribution in [2.24, 2.45) is 0 Å². The third kappa shape index (κ3) is 3.31. The van der Waals surface area contributed by atoms with Crippen LogP contribution < -0.4 is 5.73 Å². The van der Waals surface area contributed by atoms with Crippen molar-refractivity contribution < 1.29 is 9.53 Å². The second kappa shape index (κ2) is 5.83. The topological polar surface area (TPSA) is 55.6 Å². The van der Waals surface area contributed by atoms with Gasteiger partial charge in [-0.2, -0.15) is 0 Å². The van der Waals surface area contributed by atoms with E-state index in [1.54, 1.807) is 0 Å². The predicted octanol–water partition coefficient (Wildman–Crippen LogP) is 2.40. The number of anilines is 1. The molecule has 1 heterocycles. The van der Waals surface area contributed by atoms with Crippen LogP contribution in [0.25, 0.3) is 0 Å². The van der Waals surface area contributed by atoms with Crippen molar-refractivity contribution in [3.63, 3.8) is 0 Å². The summed E-state index contributed by atoms with van der Waals surface area (Å²) in [6.07, 6.45) is 0.521. The van der Waals surface area contributed by atoms with Crippen LogP contribution in [0.5, 0.6) is 0 Å². The minimum absolute atomic E-state index is 0.196. The summed E-state index contributed by atoms with van der Waals surface area (Å²) in [5.41, 5.74) is 7.38. The summed E-state index contributed by atoms with van der Waals surface area (Å²) in [6.45, 7) is 8.10. The Kier molecular flexibility index (Phi) is 4.33. The van der Waals surface area contributed by atoms with E-state index in [2.05, 4.69) is 20.8 Å². The van der Waals surface area contributed by atoms with Crippen molar-refractivity contribution >= 4 is 11.6 Å². The van der Waals surface area contributed by atoms with E-state index in [9.17, 15) is 4.79 Å². The smallest absolute Gasteiger partial charge is 0.223 e. The van der Waals surface area contributed by atoms with Crippen LogP contribution in [0, 0.1) is 0 Å². The molecule has 1 amide bonds. The van der Waals surface area contributed by atoms with Crippen molar-refractivity contribution in [1.29, 1.82) is 0 Å². The van der Waals surface area contributed by atoms with Gasteiger partial charge in [-0.3, -0.25) is 4.79 Å². The molecule has 2 N–H and O–H groups in total. The maximum absolute atomic E-state index is 12.5. The van der Waals surface area contributed by atoms with E-state index in [0.717, 1.165) is 11.3 Å². The predicted molar refractivity (Wildman–Crippen MR) is 80.5 cm³/mol. The molecule has 1 aromatic rings. The number of carbonyl (C=O) groups excluding carboxylic acids is 1. The summed E-state index contributed by atoms with van der Waals surface area (Å²) in [4.78, 5) is 14.5. The summed E-state index contributed by atoms with van der Waals surface area (Å²) < 4.78 is 5.46. The molecule has 1 aliphatic rings. The first-order valence-electron chi connectivity index (χ1n) is 7.14. The van der Waals surface area contributed by atoms with E-state index in [-0.39, 0.29) is 17.4 Å². The lowest BCUT2D eigenvalue weighted by molar-refractivity contribution is -0.146. The van der Waals surface area contributed by atoms with Crippen molar-refractivity contribution in [1.82, 2.24) is 4.90 Å². The van der Waals surface area contributed by atoms with Crippen LogP contribution in [0.1, 0.15) is 38.7 Å². The molecular formula is C16H24N2O2. The van der Waals surface area contributed by atoms with Crippen molar-refractivity contribution in [3.05, 3.63) is 29.8 Å². The number of rotatable bonds is 3. The zero-order valence-corrected chi connectivity index (χ0v) is 12.6. The molecule has 20 heavy (non-hydrogen) atoms. The highest BCUT2D eigenvalue weighted by atomic mass is 16.5. The molecule has 0 bridgehead atoms. The standard InChI is InChI=1S/C16H24N2O2/c1-12(13-4-6-14(17)7-5-13)10-15(19)18-8-9-20-11-16(18,2)3/h4-7,12H,8-11,17H2,1-3H3. The number of ether oxygens (including phenoxy) is 1. The molecular weight excluding hydrogens is 252 g/mol. The van der Waals surface area contributed by atoms with E-state index in [4.69, 9.17) is 10.5 Å². The largest absolute Gasteiger partial charge is 0.399 e. The van der Waals surface area contributed by atoms with Gasteiger partial charge >= 0.3 is 0 Å². The van der Waals surface area contributed by atoms with Crippen LogP contribution in [0.2, 0.25) is 0 Å². The fourth-order valence-electron chi connectivity index (χ4n) is 2.64. The lowest BCUT2D eigenvalue weighted by atomic mass is 9.95. The molecule has 4 heteroatoms. The van der Waals surface area contributed by atoms with Crippen LogP contribution in [-0.4, -0.2) is 36.1 Å². The number of hydrogen-bond donors (Lipinski definition) is 1. The van der Waals surface area contributed by atoms with Crippen LogP contribution in [0.4, 0.5) is 5.69 Å². The van der Waals surface area contributed by atoms with Gasteiger partial charge in [0.25, 0.3) is 0 Å². The zero-order valence-electron chi connectivity index (χ0n) is 12.6. The highest BCUT2D eigenvalue weighted by Crippen LogP contribution is 2.25. The highest BCUT2D eigenvalue weighted by Gasteiger charge is 2.34. The molecule has 1 atom stereocenters. The first-order valence-corrected chi connectivity index (χ1v) is 7.14. The van der Waals surface area contributed by atoms with Gasteiger partial charge in [-0.05, 0) is 37.5 Å².